The molecule has 0 N–H and O–H groups in total. The van der Waals surface area contributed by atoms with Gasteiger partial charge in [-0.2, -0.15) is 0 Å². The third-order valence-corrected chi connectivity index (χ3v) is 10.2. The van der Waals surface area contributed by atoms with Crippen LogP contribution in [0.15, 0.2) is 152 Å². The molecule has 51 heavy (non-hydrogen) atoms. The summed E-state index contributed by atoms with van der Waals surface area (Å²) < 4.78 is 13.2. The molecule has 0 atom stereocenters. The van der Waals surface area contributed by atoms with Gasteiger partial charge in [0, 0.05) is 27.7 Å². The summed E-state index contributed by atoms with van der Waals surface area (Å²) in [5.41, 5.74) is 9.63. The Kier molecular flexibility index (Phi) is 6.46. The molecule has 8 aromatic rings. The highest BCUT2D eigenvalue weighted by Gasteiger charge is 2.37. The molecule has 1 aliphatic heterocycles. The van der Waals surface area contributed by atoms with Crippen LogP contribution in [0.4, 0.5) is 0 Å². The predicted octanol–water partition coefficient (Wildman–Crippen LogP) is 11.9. The molecule has 2 aliphatic rings. The van der Waals surface area contributed by atoms with Crippen LogP contribution in [0, 0.1) is 0 Å². The standard InChI is InChI=1S/C46H31N3O2/c1-46(2)37-20-9-8-17-34(37)36-26-40-41(27-38(36)46)51-42-33(18-11-21-39(42)50-40)29-22-24-31(25-23-29)44-47-43(30-13-4-3-5-14-30)48-45(49-44)35-19-10-15-28-12-6-7-16-32(28)35/h3-27H,1-2H3. The molecule has 0 fully saturated rings. The van der Waals surface area contributed by atoms with E-state index < -0.39 is 0 Å². The number of aromatic nitrogens is 3. The molecule has 0 saturated heterocycles. The lowest BCUT2D eigenvalue weighted by Gasteiger charge is -2.26. The average molecular weight is 658 g/mol. The van der Waals surface area contributed by atoms with Crippen molar-refractivity contribution in [2.24, 2.45) is 0 Å². The van der Waals surface area contributed by atoms with Crippen LogP contribution in [-0.2, 0) is 5.41 Å². The SMILES string of the molecule is CC1(C)c2ccccc2-c2cc3c(cc21)Oc1c(cccc1-c1ccc(-c2nc(-c4ccccc4)nc(-c4cccc5ccccc45)n2)cc1)O3. The van der Waals surface area contributed by atoms with Crippen LogP contribution in [0.3, 0.4) is 0 Å². The molecule has 0 unspecified atom stereocenters. The lowest BCUT2D eigenvalue weighted by Crippen LogP contribution is -2.15. The van der Waals surface area contributed by atoms with Gasteiger partial charge in [-0.25, -0.2) is 15.0 Å². The second-order valence-corrected chi connectivity index (χ2v) is 13.6. The summed E-state index contributed by atoms with van der Waals surface area (Å²) in [7, 11) is 0. The fraction of sp³-hybridized carbons (Fsp3) is 0.0652. The molecule has 0 bridgehead atoms. The van der Waals surface area contributed by atoms with Crippen molar-refractivity contribution < 1.29 is 9.47 Å². The minimum absolute atomic E-state index is 0.136. The second kappa shape index (κ2) is 11.2. The zero-order valence-electron chi connectivity index (χ0n) is 28.1. The van der Waals surface area contributed by atoms with E-state index in [1.165, 1.54) is 22.3 Å². The third kappa shape index (κ3) is 4.73. The van der Waals surface area contributed by atoms with Gasteiger partial charge in [0.2, 0.25) is 0 Å². The van der Waals surface area contributed by atoms with Crippen molar-refractivity contribution in [2.45, 2.75) is 19.3 Å². The lowest BCUT2D eigenvalue weighted by atomic mass is 9.82. The van der Waals surface area contributed by atoms with Gasteiger partial charge in [-0.3, -0.25) is 0 Å². The van der Waals surface area contributed by atoms with E-state index in [2.05, 4.69) is 111 Å². The van der Waals surface area contributed by atoms with Crippen LogP contribution in [0.25, 0.3) is 67.2 Å². The van der Waals surface area contributed by atoms with Crippen molar-refractivity contribution in [1.82, 2.24) is 15.0 Å². The number of fused-ring (bicyclic) bond motifs is 6. The third-order valence-electron chi connectivity index (χ3n) is 10.2. The van der Waals surface area contributed by atoms with E-state index in [-0.39, 0.29) is 5.41 Å². The zero-order chi connectivity index (χ0) is 34.1. The summed E-state index contributed by atoms with van der Waals surface area (Å²) in [5, 5.41) is 2.24. The summed E-state index contributed by atoms with van der Waals surface area (Å²) in [5.74, 6) is 4.73. The van der Waals surface area contributed by atoms with Gasteiger partial charge in [-0.15, -0.1) is 0 Å². The van der Waals surface area contributed by atoms with Gasteiger partial charge in [0.25, 0.3) is 0 Å². The lowest BCUT2D eigenvalue weighted by molar-refractivity contribution is 0.360. The van der Waals surface area contributed by atoms with Crippen molar-refractivity contribution in [3.05, 3.63) is 163 Å². The first-order valence-corrected chi connectivity index (χ1v) is 17.2. The maximum absolute atomic E-state index is 6.70. The molecule has 5 heteroatoms. The minimum atomic E-state index is -0.136. The van der Waals surface area contributed by atoms with Crippen molar-refractivity contribution in [1.29, 1.82) is 0 Å². The molecular formula is C46H31N3O2. The number of hydrogen-bond acceptors (Lipinski definition) is 5. The molecule has 1 aliphatic carbocycles. The number of hydrogen-bond donors (Lipinski definition) is 0. The molecule has 0 radical (unpaired) electrons. The first kappa shape index (κ1) is 29.3. The van der Waals surface area contributed by atoms with E-state index in [4.69, 9.17) is 24.4 Å². The quantitative estimate of drug-likeness (QED) is 0.188. The van der Waals surface area contributed by atoms with Crippen LogP contribution in [0.1, 0.15) is 25.0 Å². The Labute approximate surface area is 295 Å². The van der Waals surface area contributed by atoms with Gasteiger partial charge in [0.1, 0.15) is 0 Å². The maximum atomic E-state index is 6.70. The Morgan fingerprint density at radius 2 is 1.02 bits per heavy atom. The van der Waals surface area contributed by atoms with Crippen LogP contribution >= 0.6 is 0 Å². The first-order chi connectivity index (χ1) is 25.0. The number of nitrogens with zero attached hydrogens (tertiary/aromatic N) is 3. The number of rotatable bonds is 4. The molecule has 7 aromatic carbocycles. The predicted molar refractivity (Wildman–Crippen MR) is 203 cm³/mol. The van der Waals surface area contributed by atoms with Crippen molar-refractivity contribution in [3.63, 3.8) is 0 Å². The highest BCUT2D eigenvalue weighted by molar-refractivity contribution is 5.95. The molecular weight excluding hydrogens is 627 g/mol. The smallest absolute Gasteiger partial charge is 0.177 e. The molecule has 5 nitrogen and oxygen atoms in total. The average Bonchev–Trinajstić information content (AvgIpc) is 3.41. The van der Waals surface area contributed by atoms with E-state index in [9.17, 15) is 0 Å². The number of benzene rings is 7. The summed E-state index contributed by atoms with van der Waals surface area (Å²) in [4.78, 5) is 15.0. The monoisotopic (exact) mass is 657 g/mol. The van der Waals surface area contributed by atoms with Crippen molar-refractivity contribution in [3.8, 4) is 79.4 Å². The summed E-state index contributed by atoms with van der Waals surface area (Å²) >= 11 is 0. The number of para-hydroxylation sites is 1. The molecule has 0 amide bonds. The van der Waals surface area contributed by atoms with Gasteiger partial charge in [0.15, 0.2) is 40.5 Å². The zero-order valence-corrected chi connectivity index (χ0v) is 28.1. The molecule has 0 spiro atoms. The van der Waals surface area contributed by atoms with E-state index in [1.807, 2.05) is 54.6 Å². The molecule has 10 rings (SSSR count). The van der Waals surface area contributed by atoms with Crippen LogP contribution < -0.4 is 9.47 Å². The van der Waals surface area contributed by atoms with Crippen LogP contribution in [0.2, 0.25) is 0 Å². The van der Waals surface area contributed by atoms with E-state index in [0.717, 1.165) is 50.1 Å². The van der Waals surface area contributed by atoms with Crippen molar-refractivity contribution >= 4 is 10.8 Å². The van der Waals surface area contributed by atoms with Crippen LogP contribution in [0.5, 0.6) is 23.0 Å². The Morgan fingerprint density at radius 1 is 0.412 bits per heavy atom. The molecule has 242 valence electrons. The number of ether oxygens (including phenoxy) is 2. The normalized spacial score (nSPS) is 13.4. The largest absolute Gasteiger partial charge is 0.449 e. The van der Waals surface area contributed by atoms with Gasteiger partial charge in [0.05, 0.1) is 0 Å². The topological polar surface area (TPSA) is 57.1 Å². The Balaban J connectivity index is 1.03. The highest BCUT2D eigenvalue weighted by Crippen LogP contribution is 2.56. The first-order valence-electron chi connectivity index (χ1n) is 17.2. The fourth-order valence-corrected chi connectivity index (χ4v) is 7.59. The van der Waals surface area contributed by atoms with Gasteiger partial charge in [-0.1, -0.05) is 147 Å². The Bertz CT molecular complexity index is 2660. The molecule has 0 saturated carbocycles. The Hall–Kier alpha value is -6.59. The van der Waals surface area contributed by atoms with Gasteiger partial charge in [-0.05, 0) is 56.8 Å². The molecule has 1 aromatic heterocycles. The highest BCUT2D eigenvalue weighted by atomic mass is 16.6. The summed E-state index contributed by atoms with van der Waals surface area (Å²) in [6.07, 6.45) is 0. The Morgan fingerprint density at radius 3 is 1.86 bits per heavy atom. The van der Waals surface area contributed by atoms with Crippen LogP contribution in [-0.4, -0.2) is 15.0 Å². The fourth-order valence-electron chi connectivity index (χ4n) is 7.59. The van der Waals surface area contributed by atoms with E-state index >= 15 is 0 Å². The molecule has 2 heterocycles. The van der Waals surface area contributed by atoms with E-state index in [0.29, 0.717) is 29.0 Å². The second-order valence-electron chi connectivity index (χ2n) is 13.6. The maximum Gasteiger partial charge on any atom is 0.177 e. The van der Waals surface area contributed by atoms with Crippen molar-refractivity contribution in [2.75, 3.05) is 0 Å². The van der Waals surface area contributed by atoms with Gasteiger partial charge < -0.3 is 9.47 Å². The van der Waals surface area contributed by atoms with E-state index in [1.54, 1.807) is 0 Å². The summed E-state index contributed by atoms with van der Waals surface area (Å²) in [6, 6.07) is 51.9. The van der Waals surface area contributed by atoms with Gasteiger partial charge >= 0.3 is 0 Å². The minimum Gasteiger partial charge on any atom is -0.449 e. The summed E-state index contributed by atoms with van der Waals surface area (Å²) in [6.45, 7) is 4.55.